The second-order valence-electron chi connectivity index (χ2n) is 4.07. The van der Waals surface area contributed by atoms with Crippen LogP contribution in [0.15, 0.2) is 30.0 Å². The number of anilines is 1. The molecule has 9 nitrogen and oxygen atoms in total. The maximum absolute atomic E-state index is 11.6. The van der Waals surface area contributed by atoms with Crippen molar-refractivity contribution >= 4 is 29.6 Å². The molecule has 0 fully saturated rings. The van der Waals surface area contributed by atoms with Gasteiger partial charge < -0.3 is 25.0 Å². The highest BCUT2D eigenvalue weighted by molar-refractivity contribution is 6.03. The number of methoxy groups -OCH3 is 2. The summed E-state index contributed by atoms with van der Waals surface area (Å²) >= 11 is 0. The van der Waals surface area contributed by atoms with E-state index in [-0.39, 0.29) is 11.4 Å². The minimum Gasteiger partial charge on any atom is -0.478 e. The number of aromatic carboxylic acids is 2. The van der Waals surface area contributed by atoms with E-state index in [0.29, 0.717) is 0 Å². The Morgan fingerprint density at radius 1 is 1.00 bits per heavy atom. The lowest BCUT2D eigenvalue weighted by Crippen LogP contribution is -2.16. The minimum atomic E-state index is -1.46. The summed E-state index contributed by atoms with van der Waals surface area (Å²) in [5, 5.41) is 20.5. The molecule has 0 radical (unpaired) electrons. The van der Waals surface area contributed by atoms with E-state index in [4.69, 9.17) is 10.2 Å². The van der Waals surface area contributed by atoms with E-state index in [9.17, 15) is 19.2 Å². The normalized spacial score (nSPS) is 10.6. The Bertz CT molecular complexity index is 692. The Balaban J connectivity index is 3.24. The van der Waals surface area contributed by atoms with Crippen molar-refractivity contribution in [2.75, 3.05) is 19.5 Å². The van der Waals surface area contributed by atoms with Crippen molar-refractivity contribution in [2.45, 2.75) is 0 Å². The highest BCUT2D eigenvalue weighted by Crippen LogP contribution is 2.18. The molecule has 0 aliphatic heterocycles. The van der Waals surface area contributed by atoms with Crippen LogP contribution in [0.4, 0.5) is 5.69 Å². The topological polar surface area (TPSA) is 139 Å². The molecule has 9 heteroatoms. The Kier molecular flexibility index (Phi) is 5.84. The van der Waals surface area contributed by atoms with Crippen LogP contribution >= 0.6 is 0 Å². The number of esters is 2. The summed E-state index contributed by atoms with van der Waals surface area (Å²) < 4.78 is 8.87. The number of nitrogens with one attached hydrogen (secondary N) is 1. The molecule has 1 aromatic carbocycles. The zero-order valence-electron chi connectivity index (χ0n) is 12.2. The molecule has 0 aromatic heterocycles. The average molecular weight is 323 g/mol. The molecule has 0 spiro atoms. The second-order valence-corrected chi connectivity index (χ2v) is 4.07. The number of carbonyl (C=O) groups excluding carboxylic acids is 2. The van der Waals surface area contributed by atoms with Gasteiger partial charge in [-0.05, 0) is 18.2 Å². The van der Waals surface area contributed by atoms with Gasteiger partial charge in [-0.15, -0.1) is 0 Å². The molecule has 0 bridgehead atoms. The van der Waals surface area contributed by atoms with E-state index in [1.165, 1.54) is 6.07 Å². The number of carboxylic acid groups (broad SMARTS) is 2. The summed E-state index contributed by atoms with van der Waals surface area (Å²) in [6.45, 7) is 0. The van der Waals surface area contributed by atoms with Gasteiger partial charge in [0.25, 0.3) is 0 Å². The van der Waals surface area contributed by atoms with Crippen LogP contribution in [0.3, 0.4) is 0 Å². The summed E-state index contributed by atoms with van der Waals surface area (Å²) in [6, 6.07) is 3.31. The maximum Gasteiger partial charge on any atom is 0.354 e. The average Bonchev–Trinajstić information content (AvgIpc) is 2.52. The van der Waals surface area contributed by atoms with Crippen molar-refractivity contribution in [1.82, 2.24) is 0 Å². The zero-order valence-corrected chi connectivity index (χ0v) is 12.2. The van der Waals surface area contributed by atoms with Gasteiger partial charge in [0, 0.05) is 5.69 Å². The molecule has 0 saturated heterocycles. The van der Waals surface area contributed by atoms with Gasteiger partial charge >= 0.3 is 23.9 Å². The van der Waals surface area contributed by atoms with Crippen molar-refractivity contribution in [2.24, 2.45) is 0 Å². The third-order valence-corrected chi connectivity index (χ3v) is 2.63. The van der Waals surface area contributed by atoms with Gasteiger partial charge in [0.05, 0.1) is 31.4 Å². The van der Waals surface area contributed by atoms with Crippen LogP contribution in [0.1, 0.15) is 20.7 Å². The van der Waals surface area contributed by atoms with Crippen molar-refractivity contribution in [1.29, 1.82) is 0 Å². The number of rotatable bonds is 6. The van der Waals surface area contributed by atoms with E-state index < -0.39 is 35.0 Å². The third kappa shape index (κ3) is 4.56. The fourth-order valence-electron chi connectivity index (χ4n) is 1.57. The molecular weight excluding hydrogens is 310 g/mol. The quantitative estimate of drug-likeness (QED) is 0.510. The highest BCUT2D eigenvalue weighted by Gasteiger charge is 2.18. The fourth-order valence-corrected chi connectivity index (χ4v) is 1.57. The summed E-state index contributed by atoms with van der Waals surface area (Å²) in [7, 11) is 2.20. The molecule has 3 N–H and O–H groups in total. The summed E-state index contributed by atoms with van der Waals surface area (Å²) in [5.41, 5.74) is -1.13. The van der Waals surface area contributed by atoms with E-state index >= 15 is 0 Å². The first-order valence-corrected chi connectivity index (χ1v) is 6.05. The van der Waals surface area contributed by atoms with E-state index in [0.717, 1.165) is 32.4 Å². The molecule has 0 atom stereocenters. The van der Waals surface area contributed by atoms with Gasteiger partial charge in [-0.2, -0.15) is 0 Å². The Labute approximate surface area is 130 Å². The van der Waals surface area contributed by atoms with Gasteiger partial charge in [0.2, 0.25) is 0 Å². The molecule has 0 heterocycles. The smallest absolute Gasteiger partial charge is 0.354 e. The summed E-state index contributed by atoms with van der Waals surface area (Å²) in [6.07, 6.45) is 0.817. The van der Waals surface area contributed by atoms with Crippen molar-refractivity contribution < 1.29 is 38.9 Å². The number of hydrogen-bond acceptors (Lipinski definition) is 7. The predicted molar refractivity (Wildman–Crippen MR) is 76.1 cm³/mol. The number of hydrogen-bond donors (Lipinski definition) is 3. The molecule has 122 valence electrons. The minimum absolute atomic E-state index is 0.0768. The number of carbonyl (C=O) groups is 4. The van der Waals surface area contributed by atoms with Crippen LogP contribution in [0.25, 0.3) is 0 Å². The lowest BCUT2D eigenvalue weighted by Gasteiger charge is -2.10. The molecule has 0 aliphatic rings. The van der Waals surface area contributed by atoms with E-state index in [2.05, 4.69) is 14.8 Å². The summed E-state index contributed by atoms with van der Waals surface area (Å²) in [4.78, 5) is 44.9. The first kappa shape index (κ1) is 17.7. The Hall–Kier alpha value is -3.36. The molecule has 1 rings (SSSR count). The van der Waals surface area contributed by atoms with Crippen LogP contribution < -0.4 is 5.32 Å². The zero-order chi connectivity index (χ0) is 17.6. The largest absolute Gasteiger partial charge is 0.478 e. The number of carboxylic acids is 2. The standard InChI is InChI=1S/C14H13NO8/c1-22-11(16)6-10(14(21)23-2)15-7-3-4-8(12(17)18)9(5-7)13(19)20/h3-6,15H,1-2H3,(H,17,18)(H,19,20)/b10-6+. The highest BCUT2D eigenvalue weighted by atomic mass is 16.5. The van der Waals surface area contributed by atoms with Gasteiger partial charge in [0.15, 0.2) is 0 Å². The first-order valence-electron chi connectivity index (χ1n) is 6.05. The Morgan fingerprint density at radius 2 is 1.61 bits per heavy atom. The third-order valence-electron chi connectivity index (χ3n) is 2.63. The van der Waals surface area contributed by atoms with E-state index in [1.807, 2.05) is 0 Å². The fraction of sp³-hybridized carbons (Fsp3) is 0.143. The molecule has 0 amide bonds. The lowest BCUT2D eigenvalue weighted by atomic mass is 10.1. The SMILES string of the molecule is COC(=O)/C=C(/Nc1ccc(C(=O)O)c(C(=O)O)c1)C(=O)OC. The van der Waals surface area contributed by atoms with E-state index in [1.54, 1.807) is 0 Å². The predicted octanol–water partition coefficient (Wildman–Crippen LogP) is 0.725. The van der Waals surface area contributed by atoms with Gasteiger partial charge in [0.1, 0.15) is 5.70 Å². The van der Waals surface area contributed by atoms with Crippen LogP contribution in [0.2, 0.25) is 0 Å². The molecule has 23 heavy (non-hydrogen) atoms. The molecular formula is C14H13NO8. The monoisotopic (exact) mass is 323 g/mol. The molecule has 0 saturated carbocycles. The van der Waals surface area contributed by atoms with Gasteiger partial charge in [-0.3, -0.25) is 0 Å². The van der Waals surface area contributed by atoms with Crippen molar-refractivity contribution in [3.05, 3.63) is 41.1 Å². The number of benzene rings is 1. The molecule has 1 aromatic rings. The number of ether oxygens (including phenoxy) is 2. The van der Waals surface area contributed by atoms with Gasteiger partial charge in [-0.1, -0.05) is 0 Å². The van der Waals surface area contributed by atoms with Crippen molar-refractivity contribution in [3.63, 3.8) is 0 Å². The molecule has 0 unspecified atom stereocenters. The van der Waals surface area contributed by atoms with Crippen LogP contribution in [0.5, 0.6) is 0 Å². The van der Waals surface area contributed by atoms with Crippen LogP contribution in [0, 0.1) is 0 Å². The second kappa shape index (κ2) is 7.59. The summed E-state index contributed by atoms with van der Waals surface area (Å²) in [5.74, 6) is -4.59. The van der Waals surface area contributed by atoms with Gasteiger partial charge in [-0.25, -0.2) is 19.2 Å². The molecule has 0 aliphatic carbocycles. The Morgan fingerprint density at radius 3 is 2.09 bits per heavy atom. The van der Waals surface area contributed by atoms with Crippen molar-refractivity contribution in [3.8, 4) is 0 Å². The maximum atomic E-state index is 11.6. The lowest BCUT2D eigenvalue weighted by molar-refractivity contribution is -0.138. The first-order chi connectivity index (χ1) is 10.8. The van der Waals surface area contributed by atoms with Crippen LogP contribution in [-0.2, 0) is 19.1 Å². The van der Waals surface area contributed by atoms with Crippen LogP contribution in [-0.4, -0.2) is 48.3 Å².